The van der Waals surface area contributed by atoms with Crippen molar-refractivity contribution in [3.05, 3.63) is 42.2 Å². The molecule has 2 aliphatic heterocycles. The zero-order valence-electron chi connectivity index (χ0n) is 15.7. The fourth-order valence-corrected chi connectivity index (χ4v) is 4.95. The molecule has 8 nitrogen and oxygen atoms in total. The molecule has 0 radical (unpaired) electrons. The number of halogens is 2. The Bertz CT molecular complexity index is 977. The summed E-state index contributed by atoms with van der Waals surface area (Å²) in [6, 6.07) is 4.32. The van der Waals surface area contributed by atoms with E-state index in [1.165, 1.54) is 10.6 Å². The van der Waals surface area contributed by atoms with E-state index in [4.69, 9.17) is 4.74 Å². The number of morpholine rings is 1. The molecule has 0 unspecified atom stereocenters. The van der Waals surface area contributed by atoms with Crippen LogP contribution in [0.5, 0.6) is 0 Å². The average Bonchev–Trinajstić information content (AvgIpc) is 2.76. The van der Waals surface area contributed by atoms with Crippen LogP contribution in [0.25, 0.3) is 0 Å². The van der Waals surface area contributed by atoms with E-state index in [1.807, 2.05) is 11.0 Å². The topological polar surface area (TPSA) is 78.9 Å². The Morgan fingerprint density at radius 3 is 2.14 bits per heavy atom. The highest BCUT2D eigenvalue weighted by Gasteiger charge is 2.31. The first kappa shape index (κ1) is 19.9. The minimum atomic E-state index is -4.11. The Kier molecular flexibility index (Phi) is 5.61. The number of ether oxygens (including phenoxy) is 1. The number of rotatable bonds is 4. The van der Waals surface area contributed by atoms with Gasteiger partial charge in [-0.3, -0.25) is 0 Å². The van der Waals surface area contributed by atoms with Crippen LogP contribution in [-0.2, 0) is 14.8 Å². The van der Waals surface area contributed by atoms with Crippen LogP contribution in [0.1, 0.15) is 0 Å². The quantitative estimate of drug-likeness (QED) is 0.726. The SMILES string of the molecule is O=S(=O)(c1cc(F)ccc1F)N1CCN(c2cc(N3CCOCC3)ncn2)CC1. The van der Waals surface area contributed by atoms with Gasteiger partial charge in [0, 0.05) is 45.3 Å². The normalized spacial score (nSPS) is 18.8. The monoisotopic (exact) mass is 425 g/mol. The second-order valence-electron chi connectivity index (χ2n) is 6.80. The van der Waals surface area contributed by atoms with Gasteiger partial charge in [0.15, 0.2) is 0 Å². The second kappa shape index (κ2) is 8.17. The molecule has 2 aliphatic rings. The molecule has 0 spiro atoms. The van der Waals surface area contributed by atoms with Gasteiger partial charge in [-0.25, -0.2) is 27.2 Å². The van der Waals surface area contributed by atoms with Crippen LogP contribution in [0.15, 0.2) is 35.5 Å². The standard InChI is InChI=1S/C18H21F2N5O3S/c19-14-1-2-15(20)16(11-14)29(26,27)25-5-3-23(4-6-25)17-12-18(22-13-21-17)24-7-9-28-10-8-24/h1-2,11-13H,3-10H2. The van der Waals surface area contributed by atoms with Crippen molar-refractivity contribution in [2.75, 3.05) is 62.3 Å². The lowest BCUT2D eigenvalue weighted by atomic mass is 10.3. The van der Waals surface area contributed by atoms with E-state index < -0.39 is 26.6 Å². The largest absolute Gasteiger partial charge is 0.378 e. The highest BCUT2D eigenvalue weighted by molar-refractivity contribution is 7.89. The van der Waals surface area contributed by atoms with Crippen LogP contribution in [0, 0.1) is 11.6 Å². The van der Waals surface area contributed by atoms with Gasteiger partial charge in [0.25, 0.3) is 0 Å². The van der Waals surface area contributed by atoms with Crippen molar-refractivity contribution in [2.45, 2.75) is 4.90 Å². The third-order valence-corrected chi connectivity index (χ3v) is 6.96. The first-order valence-electron chi connectivity index (χ1n) is 9.30. The van der Waals surface area contributed by atoms with Crippen LogP contribution in [0.4, 0.5) is 20.4 Å². The summed E-state index contributed by atoms with van der Waals surface area (Å²) in [5, 5.41) is 0. The Morgan fingerprint density at radius 1 is 0.862 bits per heavy atom. The lowest BCUT2D eigenvalue weighted by Crippen LogP contribution is -2.49. The zero-order chi connectivity index (χ0) is 20.4. The molecule has 0 aliphatic carbocycles. The van der Waals surface area contributed by atoms with E-state index >= 15 is 0 Å². The Labute approximate surface area is 167 Å². The van der Waals surface area contributed by atoms with Crippen molar-refractivity contribution in [1.29, 1.82) is 0 Å². The van der Waals surface area contributed by atoms with Gasteiger partial charge in [-0.05, 0) is 18.2 Å². The molecule has 29 heavy (non-hydrogen) atoms. The van der Waals surface area contributed by atoms with Gasteiger partial charge in [0.2, 0.25) is 10.0 Å². The first-order valence-corrected chi connectivity index (χ1v) is 10.7. The second-order valence-corrected chi connectivity index (χ2v) is 8.71. The van der Waals surface area contributed by atoms with Crippen LogP contribution in [-0.4, -0.2) is 75.2 Å². The van der Waals surface area contributed by atoms with Crippen molar-refractivity contribution in [1.82, 2.24) is 14.3 Å². The maximum atomic E-state index is 14.0. The Hall–Kier alpha value is -2.37. The molecule has 2 saturated heterocycles. The average molecular weight is 425 g/mol. The molecular weight excluding hydrogens is 404 g/mol. The van der Waals surface area contributed by atoms with Gasteiger partial charge in [-0.15, -0.1) is 0 Å². The minimum absolute atomic E-state index is 0.148. The van der Waals surface area contributed by atoms with E-state index in [0.717, 1.165) is 37.1 Å². The highest BCUT2D eigenvalue weighted by atomic mass is 32.2. The molecule has 0 amide bonds. The molecule has 4 rings (SSSR count). The summed E-state index contributed by atoms with van der Waals surface area (Å²) in [6.45, 7) is 3.86. The summed E-state index contributed by atoms with van der Waals surface area (Å²) in [6.07, 6.45) is 1.49. The molecule has 1 aromatic heterocycles. The van der Waals surface area contributed by atoms with Crippen LogP contribution < -0.4 is 9.80 Å². The molecule has 11 heteroatoms. The number of aromatic nitrogens is 2. The maximum Gasteiger partial charge on any atom is 0.246 e. The van der Waals surface area contributed by atoms with E-state index in [0.29, 0.717) is 32.1 Å². The van der Waals surface area contributed by atoms with Crippen molar-refractivity contribution in [2.24, 2.45) is 0 Å². The third-order valence-electron chi connectivity index (χ3n) is 5.05. The summed E-state index contributed by atoms with van der Waals surface area (Å²) >= 11 is 0. The predicted octanol–water partition coefficient (Wildman–Crippen LogP) is 1.10. The number of nitrogens with zero attached hydrogens (tertiary/aromatic N) is 5. The molecule has 0 N–H and O–H groups in total. The van der Waals surface area contributed by atoms with Gasteiger partial charge < -0.3 is 14.5 Å². The van der Waals surface area contributed by atoms with E-state index in [2.05, 4.69) is 14.9 Å². The van der Waals surface area contributed by atoms with Crippen molar-refractivity contribution >= 4 is 21.7 Å². The summed E-state index contributed by atoms with van der Waals surface area (Å²) < 4.78 is 59.4. The van der Waals surface area contributed by atoms with Gasteiger partial charge in [0.1, 0.15) is 34.5 Å². The number of anilines is 2. The minimum Gasteiger partial charge on any atom is -0.378 e. The van der Waals surface area contributed by atoms with E-state index in [-0.39, 0.29) is 13.1 Å². The number of sulfonamides is 1. The Balaban J connectivity index is 1.46. The molecule has 156 valence electrons. The van der Waals surface area contributed by atoms with Crippen LogP contribution in [0.3, 0.4) is 0 Å². The molecule has 2 aromatic rings. The molecule has 0 saturated carbocycles. The maximum absolute atomic E-state index is 14.0. The first-order chi connectivity index (χ1) is 13.9. The zero-order valence-corrected chi connectivity index (χ0v) is 16.5. The van der Waals surface area contributed by atoms with Crippen molar-refractivity contribution < 1.29 is 21.9 Å². The van der Waals surface area contributed by atoms with E-state index in [1.54, 1.807) is 0 Å². The van der Waals surface area contributed by atoms with Gasteiger partial charge in [0.05, 0.1) is 13.2 Å². The predicted molar refractivity (Wildman–Crippen MR) is 102 cm³/mol. The van der Waals surface area contributed by atoms with Gasteiger partial charge in [-0.2, -0.15) is 4.31 Å². The number of piperazine rings is 1. The van der Waals surface area contributed by atoms with E-state index in [9.17, 15) is 17.2 Å². The molecule has 2 fully saturated rings. The molecule has 3 heterocycles. The highest BCUT2D eigenvalue weighted by Crippen LogP contribution is 2.24. The lowest BCUT2D eigenvalue weighted by Gasteiger charge is -2.35. The summed E-state index contributed by atoms with van der Waals surface area (Å²) in [5.74, 6) is -0.245. The van der Waals surface area contributed by atoms with Crippen molar-refractivity contribution in [3.63, 3.8) is 0 Å². The number of hydrogen-bond acceptors (Lipinski definition) is 7. The van der Waals surface area contributed by atoms with Crippen LogP contribution >= 0.6 is 0 Å². The fraction of sp³-hybridized carbons (Fsp3) is 0.444. The smallest absolute Gasteiger partial charge is 0.246 e. The van der Waals surface area contributed by atoms with Gasteiger partial charge >= 0.3 is 0 Å². The fourth-order valence-electron chi connectivity index (χ4n) is 3.45. The summed E-state index contributed by atoms with van der Waals surface area (Å²) in [5.41, 5.74) is 0. The molecule has 0 atom stereocenters. The van der Waals surface area contributed by atoms with Crippen molar-refractivity contribution in [3.8, 4) is 0 Å². The van der Waals surface area contributed by atoms with Gasteiger partial charge in [-0.1, -0.05) is 0 Å². The van der Waals surface area contributed by atoms with Crippen LogP contribution in [0.2, 0.25) is 0 Å². The summed E-state index contributed by atoms with van der Waals surface area (Å²) in [7, 11) is -4.11. The lowest BCUT2D eigenvalue weighted by molar-refractivity contribution is 0.122. The third kappa shape index (κ3) is 4.16. The molecule has 1 aromatic carbocycles. The molecular formula is C18H21F2N5O3S. The molecule has 0 bridgehead atoms. The summed E-state index contributed by atoms with van der Waals surface area (Å²) in [4.78, 5) is 12.1. The number of hydrogen-bond donors (Lipinski definition) is 0. The Morgan fingerprint density at radius 2 is 1.48 bits per heavy atom. The number of benzene rings is 1.